The fourth-order valence-corrected chi connectivity index (χ4v) is 1.54. The molecular formula is C13H12N2O3. The Kier molecular flexibility index (Phi) is 3.23. The van der Waals surface area contributed by atoms with Crippen LogP contribution in [-0.2, 0) is 0 Å². The van der Waals surface area contributed by atoms with Crippen LogP contribution < -0.4 is 4.74 Å². The monoisotopic (exact) mass is 244 g/mol. The summed E-state index contributed by atoms with van der Waals surface area (Å²) in [7, 11) is 0. The Hall–Kier alpha value is -2.43. The summed E-state index contributed by atoms with van der Waals surface area (Å²) in [6.45, 7) is 3.86. The molecular weight excluding hydrogens is 232 g/mol. The van der Waals surface area contributed by atoms with E-state index in [-0.39, 0.29) is 11.6 Å². The first-order chi connectivity index (χ1) is 8.59. The Morgan fingerprint density at radius 1 is 1.22 bits per heavy atom. The van der Waals surface area contributed by atoms with Gasteiger partial charge in [-0.25, -0.2) is 4.98 Å². The van der Waals surface area contributed by atoms with Gasteiger partial charge in [0, 0.05) is 12.3 Å². The molecule has 0 unspecified atom stereocenters. The van der Waals surface area contributed by atoms with Gasteiger partial charge in [-0.05, 0) is 37.1 Å². The van der Waals surface area contributed by atoms with Crippen molar-refractivity contribution < 1.29 is 9.66 Å². The van der Waals surface area contributed by atoms with E-state index in [9.17, 15) is 10.1 Å². The van der Waals surface area contributed by atoms with Crippen LogP contribution in [0.2, 0.25) is 0 Å². The predicted octanol–water partition coefficient (Wildman–Crippen LogP) is 3.40. The van der Waals surface area contributed by atoms with Crippen LogP contribution in [0.3, 0.4) is 0 Å². The summed E-state index contributed by atoms with van der Waals surface area (Å²) < 4.78 is 5.53. The van der Waals surface area contributed by atoms with Gasteiger partial charge in [-0.2, -0.15) is 0 Å². The quantitative estimate of drug-likeness (QED) is 0.613. The lowest BCUT2D eigenvalue weighted by Gasteiger charge is -2.09. The lowest BCUT2D eigenvalue weighted by atomic mass is 10.1. The van der Waals surface area contributed by atoms with E-state index in [0.717, 1.165) is 11.1 Å². The largest absolute Gasteiger partial charge is 0.433 e. The molecule has 0 amide bonds. The maximum absolute atomic E-state index is 10.8. The second kappa shape index (κ2) is 4.83. The predicted molar refractivity (Wildman–Crippen MR) is 66.9 cm³/mol. The van der Waals surface area contributed by atoms with Crippen molar-refractivity contribution in [3.05, 3.63) is 57.8 Å². The van der Waals surface area contributed by atoms with Gasteiger partial charge in [0.2, 0.25) is 0 Å². The van der Waals surface area contributed by atoms with Gasteiger partial charge < -0.3 is 4.74 Å². The Morgan fingerprint density at radius 3 is 2.72 bits per heavy atom. The fourth-order valence-electron chi connectivity index (χ4n) is 1.54. The van der Waals surface area contributed by atoms with E-state index >= 15 is 0 Å². The fraction of sp³-hybridized carbons (Fsp3) is 0.154. The van der Waals surface area contributed by atoms with Crippen LogP contribution in [0.5, 0.6) is 11.6 Å². The molecule has 5 heteroatoms. The Labute approximate surface area is 104 Å². The summed E-state index contributed by atoms with van der Waals surface area (Å²) in [4.78, 5) is 14.2. The van der Waals surface area contributed by atoms with Crippen LogP contribution in [0.25, 0.3) is 0 Å². The van der Waals surface area contributed by atoms with Crippen molar-refractivity contribution in [2.45, 2.75) is 13.8 Å². The van der Waals surface area contributed by atoms with E-state index in [4.69, 9.17) is 4.74 Å². The normalized spacial score (nSPS) is 10.1. The van der Waals surface area contributed by atoms with Crippen LogP contribution in [0.1, 0.15) is 11.1 Å². The number of aryl methyl sites for hydroxylation is 1. The minimum atomic E-state index is -0.506. The molecule has 0 bridgehead atoms. The van der Waals surface area contributed by atoms with Crippen LogP contribution >= 0.6 is 0 Å². The van der Waals surface area contributed by atoms with Crippen molar-refractivity contribution in [1.29, 1.82) is 0 Å². The highest BCUT2D eigenvalue weighted by atomic mass is 16.6. The zero-order valence-corrected chi connectivity index (χ0v) is 10.1. The molecule has 2 aromatic rings. The summed E-state index contributed by atoms with van der Waals surface area (Å²) in [6, 6.07) is 8.43. The summed E-state index contributed by atoms with van der Waals surface area (Å²) in [6.07, 6.45) is 1.47. The smallest absolute Gasteiger partial charge is 0.331 e. The number of nitrogens with zero attached hydrogens (tertiary/aromatic N) is 2. The van der Waals surface area contributed by atoms with Crippen molar-refractivity contribution in [2.24, 2.45) is 0 Å². The van der Waals surface area contributed by atoms with Gasteiger partial charge in [-0.3, -0.25) is 10.1 Å². The lowest BCUT2D eigenvalue weighted by Crippen LogP contribution is -1.97. The highest BCUT2D eigenvalue weighted by Crippen LogP contribution is 2.31. The zero-order valence-electron chi connectivity index (χ0n) is 10.1. The summed E-state index contributed by atoms with van der Waals surface area (Å²) in [5.74, 6) is 0.591. The molecule has 1 aromatic heterocycles. The van der Waals surface area contributed by atoms with Gasteiger partial charge in [0.05, 0.1) is 4.92 Å². The topological polar surface area (TPSA) is 65.3 Å². The highest BCUT2D eigenvalue weighted by Gasteiger charge is 2.17. The van der Waals surface area contributed by atoms with E-state index in [0.29, 0.717) is 5.75 Å². The number of hydrogen-bond acceptors (Lipinski definition) is 4. The van der Waals surface area contributed by atoms with Gasteiger partial charge >= 0.3 is 5.69 Å². The van der Waals surface area contributed by atoms with E-state index in [2.05, 4.69) is 4.98 Å². The minimum Gasteiger partial charge on any atom is -0.433 e. The molecule has 0 spiro atoms. The number of ether oxygens (including phenoxy) is 1. The molecule has 0 fully saturated rings. The first-order valence-corrected chi connectivity index (χ1v) is 5.43. The molecule has 1 heterocycles. The second-order valence-corrected chi connectivity index (χ2v) is 3.88. The zero-order chi connectivity index (χ0) is 13.1. The molecule has 0 radical (unpaired) electrons. The van der Waals surface area contributed by atoms with E-state index in [1.807, 2.05) is 26.0 Å². The Balaban J connectivity index is 2.40. The maximum atomic E-state index is 10.8. The molecule has 0 aliphatic rings. The van der Waals surface area contributed by atoms with Gasteiger partial charge in [-0.1, -0.05) is 12.1 Å². The van der Waals surface area contributed by atoms with Gasteiger partial charge in [0.15, 0.2) is 0 Å². The molecule has 0 atom stereocenters. The van der Waals surface area contributed by atoms with Crippen LogP contribution in [0.4, 0.5) is 5.69 Å². The van der Waals surface area contributed by atoms with Crippen LogP contribution in [0.15, 0.2) is 36.5 Å². The Bertz CT molecular complexity index is 597. The summed E-state index contributed by atoms with van der Waals surface area (Å²) in [5, 5.41) is 10.8. The minimum absolute atomic E-state index is 0.0104. The average molecular weight is 244 g/mol. The number of pyridine rings is 1. The van der Waals surface area contributed by atoms with E-state index < -0.39 is 4.92 Å². The number of aromatic nitrogens is 1. The van der Waals surface area contributed by atoms with Gasteiger partial charge in [-0.15, -0.1) is 0 Å². The second-order valence-electron chi connectivity index (χ2n) is 3.88. The van der Waals surface area contributed by atoms with Crippen LogP contribution in [-0.4, -0.2) is 9.91 Å². The van der Waals surface area contributed by atoms with Gasteiger partial charge in [0.1, 0.15) is 5.75 Å². The van der Waals surface area contributed by atoms with E-state index in [1.54, 1.807) is 6.07 Å². The lowest BCUT2D eigenvalue weighted by molar-refractivity contribution is -0.386. The molecule has 0 N–H and O–H groups in total. The van der Waals surface area contributed by atoms with Gasteiger partial charge in [0.25, 0.3) is 5.88 Å². The summed E-state index contributed by atoms with van der Waals surface area (Å²) in [5.41, 5.74) is 1.86. The first-order valence-electron chi connectivity index (χ1n) is 5.43. The third kappa shape index (κ3) is 2.29. The molecule has 0 saturated heterocycles. The van der Waals surface area contributed by atoms with Crippen molar-refractivity contribution in [3.8, 4) is 11.6 Å². The number of rotatable bonds is 3. The highest BCUT2D eigenvalue weighted by molar-refractivity contribution is 5.46. The SMILES string of the molecule is Cc1cccc(Oc2ncccc2[N+](=O)[O-])c1C. The maximum Gasteiger partial charge on any atom is 0.331 e. The first kappa shape index (κ1) is 12.0. The third-order valence-corrected chi connectivity index (χ3v) is 2.71. The number of hydrogen-bond donors (Lipinski definition) is 0. The molecule has 92 valence electrons. The molecule has 5 nitrogen and oxygen atoms in total. The third-order valence-electron chi connectivity index (χ3n) is 2.71. The molecule has 0 aliphatic carbocycles. The van der Waals surface area contributed by atoms with Crippen molar-refractivity contribution in [1.82, 2.24) is 4.98 Å². The van der Waals surface area contributed by atoms with Crippen molar-refractivity contribution in [2.75, 3.05) is 0 Å². The molecule has 0 aliphatic heterocycles. The molecule has 2 rings (SSSR count). The number of benzene rings is 1. The standard InChI is InChI=1S/C13H12N2O3/c1-9-5-3-7-12(10(9)2)18-13-11(15(16)17)6-4-8-14-13/h3-8H,1-2H3. The average Bonchev–Trinajstić information content (AvgIpc) is 2.35. The Morgan fingerprint density at radius 2 is 2.00 bits per heavy atom. The molecule has 1 aromatic carbocycles. The summed E-state index contributed by atoms with van der Waals surface area (Å²) >= 11 is 0. The molecule has 0 saturated carbocycles. The molecule has 18 heavy (non-hydrogen) atoms. The van der Waals surface area contributed by atoms with Crippen molar-refractivity contribution >= 4 is 5.69 Å². The number of nitro groups is 1. The van der Waals surface area contributed by atoms with E-state index in [1.165, 1.54) is 18.3 Å². The van der Waals surface area contributed by atoms with Crippen molar-refractivity contribution in [3.63, 3.8) is 0 Å². The van der Waals surface area contributed by atoms with Crippen LogP contribution in [0, 0.1) is 24.0 Å².